The maximum atomic E-state index is 12.2. The van der Waals surface area contributed by atoms with Crippen molar-refractivity contribution in [3.05, 3.63) is 29.3 Å². The van der Waals surface area contributed by atoms with E-state index in [2.05, 4.69) is 10.6 Å². The molecule has 0 bridgehead atoms. The summed E-state index contributed by atoms with van der Waals surface area (Å²) in [6, 6.07) is 7.14. The highest BCUT2D eigenvalue weighted by Crippen LogP contribution is 2.23. The Kier molecular flexibility index (Phi) is 5.06. The third kappa shape index (κ3) is 4.16. The summed E-state index contributed by atoms with van der Waals surface area (Å²) in [7, 11) is 0. The highest BCUT2D eigenvalue weighted by molar-refractivity contribution is 6.30. The van der Waals surface area contributed by atoms with Gasteiger partial charge in [0.15, 0.2) is 0 Å². The van der Waals surface area contributed by atoms with Gasteiger partial charge in [0.25, 0.3) is 0 Å². The van der Waals surface area contributed by atoms with E-state index in [0.29, 0.717) is 18.0 Å². The second-order valence-electron chi connectivity index (χ2n) is 6.33. The van der Waals surface area contributed by atoms with Gasteiger partial charge in [-0.05, 0) is 37.1 Å². The molecule has 124 valence electrons. The van der Waals surface area contributed by atoms with Crippen molar-refractivity contribution in [1.82, 2.24) is 10.6 Å². The lowest BCUT2D eigenvalue weighted by atomic mass is 9.96. The topological polar surface area (TPSA) is 61.4 Å². The maximum absolute atomic E-state index is 12.2. The van der Waals surface area contributed by atoms with Crippen molar-refractivity contribution in [1.29, 1.82) is 0 Å². The standard InChI is InChI=1S/C17H22ClN3O2/c18-12-6-8-15(9-7-12)21-11-14(10-16(21)22)20-17(23)19-13-4-2-1-3-5-13/h6-9,13-14H,1-5,10-11H2,(H2,19,20,23). The van der Waals surface area contributed by atoms with Gasteiger partial charge < -0.3 is 15.5 Å². The highest BCUT2D eigenvalue weighted by atomic mass is 35.5. The molecule has 1 saturated carbocycles. The number of hydrogen-bond donors (Lipinski definition) is 2. The first-order valence-electron chi connectivity index (χ1n) is 8.25. The molecule has 2 aliphatic rings. The van der Waals surface area contributed by atoms with Crippen molar-refractivity contribution in [2.24, 2.45) is 0 Å². The van der Waals surface area contributed by atoms with Gasteiger partial charge in [-0.2, -0.15) is 0 Å². The fourth-order valence-electron chi connectivity index (χ4n) is 3.33. The van der Waals surface area contributed by atoms with E-state index in [1.165, 1.54) is 19.3 Å². The van der Waals surface area contributed by atoms with Gasteiger partial charge in [0.2, 0.25) is 5.91 Å². The van der Waals surface area contributed by atoms with Crippen LogP contribution < -0.4 is 15.5 Å². The molecule has 3 amide bonds. The first kappa shape index (κ1) is 16.1. The third-order valence-corrected chi connectivity index (χ3v) is 4.79. The van der Waals surface area contributed by atoms with E-state index in [0.717, 1.165) is 18.5 Å². The summed E-state index contributed by atoms with van der Waals surface area (Å²) in [5, 5.41) is 6.60. The first-order chi connectivity index (χ1) is 11.1. The largest absolute Gasteiger partial charge is 0.335 e. The predicted molar refractivity (Wildman–Crippen MR) is 90.8 cm³/mol. The van der Waals surface area contributed by atoms with Crippen LogP contribution in [0.4, 0.5) is 10.5 Å². The van der Waals surface area contributed by atoms with E-state index in [1.54, 1.807) is 17.0 Å². The first-order valence-corrected chi connectivity index (χ1v) is 8.62. The number of nitrogens with one attached hydrogen (secondary N) is 2. The molecule has 1 aromatic rings. The number of urea groups is 1. The fourth-order valence-corrected chi connectivity index (χ4v) is 3.46. The highest BCUT2D eigenvalue weighted by Gasteiger charge is 2.31. The minimum atomic E-state index is -0.160. The Hall–Kier alpha value is -1.75. The number of halogens is 1. The van der Waals surface area contributed by atoms with Crippen LogP contribution in [0.1, 0.15) is 38.5 Å². The van der Waals surface area contributed by atoms with Gasteiger partial charge in [0.1, 0.15) is 0 Å². The molecule has 3 rings (SSSR count). The van der Waals surface area contributed by atoms with Gasteiger partial charge in [-0.3, -0.25) is 4.79 Å². The number of hydrogen-bond acceptors (Lipinski definition) is 2. The molecule has 2 N–H and O–H groups in total. The Morgan fingerprint density at radius 3 is 2.39 bits per heavy atom. The van der Waals surface area contributed by atoms with Crippen LogP contribution in [0.2, 0.25) is 5.02 Å². The van der Waals surface area contributed by atoms with Crippen molar-refractivity contribution in [2.75, 3.05) is 11.4 Å². The van der Waals surface area contributed by atoms with Crippen LogP contribution in [-0.4, -0.2) is 30.6 Å². The second kappa shape index (κ2) is 7.21. The van der Waals surface area contributed by atoms with Crippen LogP contribution in [0.15, 0.2) is 24.3 Å². The number of rotatable bonds is 3. The summed E-state index contributed by atoms with van der Waals surface area (Å²) in [6.07, 6.45) is 6.05. The predicted octanol–water partition coefficient (Wildman–Crippen LogP) is 3.08. The molecule has 0 aromatic heterocycles. The molecular formula is C17H22ClN3O2. The molecule has 1 aliphatic carbocycles. The quantitative estimate of drug-likeness (QED) is 0.891. The molecule has 1 heterocycles. The number of amides is 3. The van der Waals surface area contributed by atoms with E-state index in [-0.39, 0.29) is 24.0 Å². The fraction of sp³-hybridized carbons (Fsp3) is 0.529. The van der Waals surface area contributed by atoms with Crippen LogP contribution in [0, 0.1) is 0 Å². The summed E-state index contributed by atoms with van der Waals surface area (Å²) < 4.78 is 0. The van der Waals surface area contributed by atoms with Gasteiger partial charge >= 0.3 is 6.03 Å². The lowest BCUT2D eigenvalue weighted by molar-refractivity contribution is -0.117. The van der Waals surface area contributed by atoms with E-state index in [4.69, 9.17) is 11.6 Å². The van der Waals surface area contributed by atoms with E-state index in [1.807, 2.05) is 12.1 Å². The monoisotopic (exact) mass is 335 g/mol. The van der Waals surface area contributed by atoms with Crippen LogP contribution in [-0.2, 0) is 4.79 Å². The van der Waals surface area contributed by atoms with Crippen molar-refractivity contribution < 1.29 is 9.59 Å². The van der Waals surface area contributed by atoms with Crippen LogP contribution in [0.3, 0.4) is 0 Å². The molecule has 1 unspecified atom stereocenters. The second-order valence-corrected chi connectivity index (χ2v) is 6.77. The zero-order valence-electron chi connectivity index (χ0n) is 13.1. The molecule has 1 aromatic carbocycles. The molecule has 0 spiro atoms. The van der Waals surface area contributed by atoms with E-state index >= 15 is 0 Å². The molecule has 1 atom stereocenters. The van der Waals surface area contributed by atoms with Crippen LogP contribution >= 0.6 is 11.6 Å². The van der Waals surface area contributed by atoms with Gasteiger partial charge in [0, 0.05) is 29.7 Å². The number of carbonyl (C=O) groups is 2. The molecule has 1 aliphatic heterocycles. The number of carbonyl (C=O) groups excluding carboxylic acids is 2. The summed E-state index contributed by atoms with van der Waals surface area (Å²) >= 11 is 5.88. The lowest BCUT2D eigenvalue weighted by Gasteiger charge is -2.24. The molecule has 0 radical (unpaired) electrons. The van der Waals surface area contributed by atoms with E-state index < -0.39 is 0 Å². The normalized spacial score (nSPS) is 22.2. The Balaban J connectivity index is 1.52. The Morgan fingerprint density at radius 1 is 1.04 bits per heavy atom. The summed E-state index contributed by atoms with van der Waals surface area (Å²) in [5.41, 5.74) is 0.816. The Bertz CT molecular complexity index is 570. The molecular weight excluding hydrogens is 314 g/mol. The van der Waals surface area contributed by atoms with Crippen molar-refractivity contribution in [3.63, 3.8) is 0 Å². The zero-order valence-corrected chi connectivity index (χ0v) is 13.8. The molecule has 5 nitrogen and oxygen atoms in total. The average molecular weight is 336 g/mol. The minimum absolute atomic E-state index is 0.0234. The SMILES string of the molecule is O=C(NC1CCCCC1)NC1CC(=O)N(c2ccc(Cl)cc2)C1. The zero-order chi connectivity index (χ0) is 16.2. The van der Waals surface area contributed by atoms with E-state index in [9.17, 15) is 9.59 Å². The van der Waals surface area contributed by atoms with Gasteiger partial charge in [-0.25, -0.2) is 4.79 Å². The van der Waals surface area contributed by atoms with Gasteiger partial charge in [-0.15, -0.1) is 0 Å². The number of benzene rings is 1. The molecule has 23 heavy (non-hydrogen) atoms. The Morgan fingerprint density at radius 2 is 1.70 bits per heavy atom. The number of nitrogens with zero attached hydrogens (tertiary/aromatic N) is 1. The Labute approximate surface area is 141 Å². The summed E-state index contributed by atoms with van der Waals surface area (Å²) in [6.45, 7) is 0.499. The molecule has 6 heteroatoms. The summed E-state index contributed by atoms with van der Waals surface area (Å²) in [5.74, 6) is 0.0234. The smallest absolute Gasteiger partial charge is 0.315 e. The summed E-state index contributed by atoms with van der Waals surface area (Å²) in [4.78, 5) is 26.0. The van der Waals surface area contributed by atoms with Crippen LogP contribution in [0.5, 0.6) is 0 Å². The van der Waals surface area contributed by atoms with Gasteiger partial charge in [-0.1, -0.05) is 30.9 Å². The van der Waals surface area contributed by atoms with Crippen molar-refractivity contribution in [3.8, 4) is 0 Å². The third-order valence-electron chi connectivity index (χ3n) is 4.54. The average Bonchev–Trinajstić information content (AvgIpc) is 2.89. The minimum Gasteiger partial charge on any atom is -0.335 e. The molecule has 2 fully saturated rings. The number of anilines is 1. The molecule has 1 saturated heterocycles. The lowest BCUT2D eigenvalue weighted by Crippen LogP contribution is -2.47. The van der Waals surface area contributed by atoms with Crippen molar-refractivity contribution in [2.45, 2.75) is 50.6 Å². The van der Waals surface area contributed by atoms with Gasteiger partial charge in [0.05, 0.1) is 6.04 Å². The maximum Gasteiger partial charge on any atom is 0.315 e. The van der Waals surface area contributed by atoms with Crippen molar-refractivity contribution >= 4 is 29.2 Å². The van der Waals surface area contributed by atoms with Crippen LogP contribution in [0.25, 0.3) is 0 Å².